The number of hydrogen-bond donors (Lipinski definition) is 1. The van der Waals surface area contributed by atoms with Crippen LogP contribution >= 0.6 is 11.3 Å². The summed E-state index contributed by atoms with van der Waals surface area (Å²) in [5.74, 6) is -1.03. The number of sulfone groups is 1. The first-order valence-electron chi connectivity index (χ1n) is 11.6. The molecule has 1 aliphatic rings. The van der Waals surface area contributed by atoms with Crippen molar-refractivity contribution in [1.82, 2.24) is 15.1 Å². The zero-order chi connectivity index (χ0) is 26.6. The van der Waals surface area contributed by atoms with E-state index in [0.29, 0.717) is 16.2 Å². The molecule has 37 heavy (non-hydrogen) atoms. The van der Waals surface area contributed by atoms with E-state index in [1.165, 1.54) is 24.1 Å². The monoisotopic (exact) mass is 541 g/mol. The lowest BCUT2D eigenvalue weighted by molar-refractivity contribution is -0.132. The van der Waals surface area contributed by atoms with Crippen LogP contribution < -0.4 is 10.1 Å². The van der Waals surface area contributed by atoms with Gasteiger partial charge in [-0.05, 0) is 48.7 Å². The number of hydrogen-bond acceptors (Lipinski definition) is 7. The number of piperazine rings is 1. The van der Waals surface area contributed by atoms with Gasteiger partial charge in [0.1, 0.15) is 5.75 Å². The lowest BCUT2D eigenvalue weighted by Crippen LogP contribution is -2.57. The normalized spacial score (nSPS) is 14.6. The molecule has 0 unspecified atom stereocenters. The summed E-state index contributed by atoms with van der Waals surface area (Å²) in [6, 6.07) is 16.1. The summed E-state index contributed by atoms with van der Waals surface area (Å²) in [6.07, 6.45) is 0. The van der Waals surface area contributed by atoms with Crippen LogP contribution in [0.3, 0.4) is 0 Å². The van der Waals surface area contributed by atoms with Crippen molar-refractivity contribution >= 4 is 38.9 Å². The lowest BCUT2D eigenvalue weighted by Gasteiger charge is -2.36. The van der Waals surface area contributed by atoms with Gasteiger partial charge in [-0.2, -0.15) is 0 Å². The number of methoxy groups -OCH3 is 1. The zero-order valence-electron chi connectivity index (χ0n) is 20.4. The first-order chi connectivity index (χ1) is 17.7. The molecule has 0 saturated carbocycles. The van der Waals surface area contributed by atoms with Crippen LogP contribution in [0.25, 0.3) is 0 Å². The molecule has 1 saturated heterocycles. The Morgan fingerprint density at radius 1 is 0.946 bits per heavy atom. The fourth-order valence-corrected chi connectivity index (χ4v) is 6.06. The number of ether oxygens (including phenoxy) is 1. The molecular weight excluding hydrogens is 514 g/mol. The highest BCUT2D eigenvalue weighted by Crippen LogP contribution is 2.21. The molecule has 194 valence electrons. The molecule has 2 heterocycles. The van der Waals surface area contributed by atoms with Gasteiger partial charge < -0.3 is 19.9 Å². The number of carbonyl (C=O) groups is 3. The molecular formula is C26H27N3O6S2. The summed E-state index contributed by atoms with van der Waals surface area (Å²) in [4.78, 5) is 42.5. The minimum atomic E-state index is -4.25. The number of thiophene rings is 1. The molecule has 11 heteroatoms. The van der Waals surface area contributed by atoms with E-state index in [1.807, 2.05) is 6.92 Å². The van der Waals surface area contributed by atoms with E-state index >= 15 is 0 Å². The predicted octanol–water partition coefficient (Wildman–Crippen LogP) is 2.58. The third-order valence-electron chi connectivity index (χ3n) is 6.09. The maximum Gasteiger partial charge on any atom is 0.262 e. The molecule has 0 spiro atoms. The van der Waals surface area contributed by atoms with E-state index in [-0.39, 0.29) is 37.0 Å². The number of aryl methyl sites for hydroxylation is 1. The van der Waals surface area contributed by atoms with E-state index in [0.717, 1.165) is 16.9 Å². The molecule has 1 N–H and O–H groups in total. The molecule has 0 radical (unpaired) electrons. The summed E-state index contributed by atoms with van der Waals surface area (Å²) < 4.78 is 32.2. The van der Waals surface area contributed by atoms with Crippen molar-refractivity contribution in [3.8, 4) is 5.75 Å². The predicted molar refractivity (Wildman–Crippen MR) is 139 cm³/mol. The summed E-state index contributed by atoms with van der Waals surface area (Å²) in [5, 5.41) is 2.33. The van der Waals surface area contributed by atoms with E-state index in [9.17, 15) is 22.8 Å². The number of amides is 3. The van der Waals surface area contributed by atoms with E-state index < -0.39 is 27.0 Å². The SMILES string of the molecule is COc1cccc(C(=O)N2CCN(C(=O)[C@@H](NC(=O)c3cccs3)S(=O)(=O)c3ccc(C)cc3)CC2)c1. The van der Waals surface area contributed by atoms with Crippen LogP contribution in [0.15, 0.2) is 70.9 Å². The van der Waals surface area contributed by atoms with Gasteiger partial charge in [0.05, 0.1) is 16.9 Å². The van der Waals surface area contributed by atoms with Crippen LogP contribution in [0.2, 0.25) is 0 Å². The largest absolute Gasteiger partial charge is 0.497 e. The fraction of sp³-hybridized carbons (Fsp3) is 0.269. The van der Waals surface area contributed by atoms with Crippen molar-refractivity contribution in [2.75, 3.05) is 33.3 Å². The number of nitrogens with one attached hydrogen (secondary N) is 1. The smallest absolute Gasteiger partial charge is 0.262 e. The van der Waals surface area contributed by atoms with Crippen molar-refractivity contribution < 1.29 is 27.5 Å². The Hall–Kier alpha value is -3.70. The zero-order valence-corrected chi connectivity index (χ0v) is 22.1. The summed E-state index contributed by atoms with van der Waals surface area (Å²) in [7, 11) is -2.73. The van der Waals surface area contributed by atoms with Crippen molar-refractivity contribution in [1.29, 1.82) is 0 Å². The van der Waals surface area contributed by atoms with Crippen LogP contribution in [0.1, 0.15) is 25.6 Å². The highest BCUT2D eigenvalue weighted by Gasteiger charge is 2.39. The molecule has 4 rings (SSSR count). The number of nitrogens with zero attached hydrogens (tertiary/aromatic N) is 2. The van der Waals surface area contributed by atoms with E-state index in [4.69, 9.17) is 4.74 Å². The Labute approximate surface area is 219 Å². The Kier molecular flexibility index (Phi) is 7.94. The van der Waals surface area contributed by atoms with Gasteiger partial charge in [-0.15, -0.1) is 11.3 Å². The van der Waals surface area contributed by atoms with Crippen LogP contribution in [-0.4, -0.2) is 74.6 Å². The lowest BCUT2D eigenvalue weighted by atomic mass is 10.1. The minimum absolute atomic E-state index is 0.0604. The highest BCUT2D eigenvalue weighted by atomic mass is 32.2. The maximum atomic E-state index is 13.5. The molecule has 1 aliphatic heterocycles. The van der Waals surface area contributed by atoms with Crippen molar-refractivity contribution in [3.05, 3.63) is 82.0 Å². The summed E-state index contributed by atoms with van der Waals surface area (Å²) in [5.41, 5.74) is 1.32. The van der Waals surface area contributed by atoms with Gasteiger partial charge >= 0.3 is 0 Å². The van der Waals surface area contributed by atoms with Crippen LogP contribution in [0.5, 0.6) is 5.75 Å². The Bertz CT molecular complexity index is 1380. The fourth-order valence-electron chi connectivity index (χ4n) is 3.97. The molecule has 9 nitrogen and oxygen atoms in total. The summed E-state index contributed by atoms with van der Waals surface area (Å²) in [6.45, 7) is 2.52. The topological polar surface area (TPSA) is 113 Å². The van der Waals surface area contributed by atoms with Crippen molar-refractivity contribution in [3.63, 3.8) is 0 Å². The number of carbonyl (C=O) groups excluding carboxylic acids is 3. The van der Waals surface area contributed by atoms with Crippen molar-refractivity contribution in [2.45, 2.75) is 17.2 Å². The summed E-state index contributed by atoms with van der Waals surface area (Å²) >= 11 is 1.15. The minimum Gasteiger partial charge on any atom is -0.497 e. The van der Waals surface area contributed by atoms with E-state index in [2.05, 4.69) is 5.32 Å². The molecule has 1 fully saturated rings. The van der Waals surface area contributed by atoms with Gasteiger partial charge in [0.2, 0.25) is 15.2 Å². The molecule has 1 atom stereocenters. The number of rotatable bonds is 7. The second-order valence-electron chi connectivity index (χ2n) is 8.54. The quantitative estimate of drug-likeness (QED) is 0.492. The number of benzene rings is 2. The molecule has 1 aromatic heterocycles. The maximum absolute atomic E-state index is 13.5. The van der Waals surface area contributed by atoms with Crippen LogP contribution in [-0.2, 0) is 14.6 Å². The average Bonchev–Trinajstić information content (AvgIpc) is 3.46. The molecule has 3 amide bonds. The van der Waals surface area contributed by atoms with Gasteiger partial charge in [0.25, 0.3) is 17.7 Å². The van der Waals surface area contributed by atoms with Crippen LogP contribution in [0.4, 0.5) is 0 Å². The van der Waals surface area contributed by atoms with Gasteiger partial charge in [-0.1, -0.05) is 29.8 Å². The van der Waals surface area contributed by atoms with Gasteiger partial charge in [-0.3, -0.25) is 14.4 Å². The average molecular weight is 542 g/mol. The Morgan fingerprint density at radius 3 is 2.24 bits per heavy atom. The standard InChI is InChI=1S/C26H27N3O6S2/c1-18-8-10-21(11-9-18)37(33,34)24(27-23(30)22-7-4-16-36-22)26(32)29-14-12-28(13-15-29)25(31)19-5-3-6-20(17-19)35-2/h3-11,16-17,24H,12-15H2,1-2H3,(H,27,30)/t24-/m0/s1. The highest BCUT2D eigenvalue weighted by molar-refractivity contribution is 7.92. The van der Waals surface area contributed by atoms with Gasteiger partial charge in [0.15, 0.2) is 0 Å². The molecule has 3 aromatic rings. The van der Waals surface area contributed by atoms with Crippen LogP contribution in [0, 0.1) is 6.92 Å². The Balaban J connectivity index is 1.52. The molecule has 2 aromatic carbocycles. The second kappa shape index (κ2) is 11.1. The van der Waals surface area contributed by atoms with Crippen molar-refractivity contribution in [2.24, 2.45) is 0 Å². The first kappa shape index (κ1) is 26.4. The van der Waals surface area contributed by atoms with E-state index in [1.54, 1.807) is 58.8 Å². The second-order valence-corrected chi connectivity index (χ2v) is 11.5. The third kappa shape index (κ3) is 5.83. The van der Waals surface area contributed by atoms with Gasteiger partial charge in [0, 0.05) is 31.7 Å². The Morgan fingerprint density at radius 2 is 1.62 bits per heavy atom. The van der Waals surface area contributed by atoms with Gasteiger partial charge in [-0.25, -0.2) is 8.42 Å². The first-order valence-corrected chi connectivity index (χ1v) is 14.0. The molecule has 0 bridgehead atoms. The molecule has 0 aliphatic carbocycles. The third-order valence-corrected chi connectivity index (χ3v) is 8.82.